The number of ketones is 1. The zero-order valence-corrected chi connectivity index (χ0v) is 17.1. The molecule has 3 aromatic rings. The van der Waals surface area contributed by atoms with Crippen molar-refractivity contribution >= 4 is 17.4 Å². The number of carbonyl (C=O) groups excluding carboxylic acids is 2. The van der Waals surface area contributed by atoms with E-state index in [1.54, 1.807) is 19.2 Å². The highest BCUT2D eigenvalue weighted by Gasteiger charge is 2.45. The van der Waals surface area contributed by atoms with E-state index in [4.69, 9.17) is 4.74 Å². The maximum Gasteiger partial charge on any atom is 0.295 e. The predicted octanol–water partition coefficient (Wildman–Crippen LogP) is 3.75. The smallest absolute Gasteiger partial charge is 0.295 e. The van der Waals surface area contributed by atoms with E-state index in [0.29, 0.717) is 18.5 Å². The number of aromatic nitrogens is 1. The van der Waals surface area contributed by atoms with Gasteiger partial charge >= 0.3 is 0 Å². The van der Waals surface area contributed by atoms with Crippen LogP contribution in [0.1, 0.15) is 22.7 Å². The van der Waals surface area contributed by atoms with Gasteiger partial charge in [0.2, 0.25) is 0 Å². The molecular formula is C25H22N2O4. The quantitative estimate of drug-likeness (QED) is 0.377. The number of hydrogen-bond acceptors (Lipinski definition) is 5. The van der Waals surface area contributed by atoms with Crippen molar-refractivity contribution in [1.82, 2.24) is 9.88 Å². The van der Waals surface area contributed by atoms with Gasteiger partial charge in [0, 0.05) is 24.5 Å². The number of methoxy groups -OCH3 is 1. The van der Waals surface area contributed by atoms with Crippen molar-refractivity contribution in [1.29, 1.82) is 0 Å². The molecule has 1 N–H and O–H groups in total. The van der Waals surface area contributed by atoms with Crippen LogP contribution in [0, 0.1) is 0 Å². The monoisotopic (exact) mass is 414 g/mol. The maximum atomic E-state index is 13.0. The van der Waals surface area contributed by atoms with Crippen LogP contribution >= 0.6 is 0 Å². The van der Waals surface area contributed by atoms with Gasteiger partial charge in [-0.05, 0) is 41.8 Å². The molecule has 0 spiro atoms. The molecule has 4 rings (SSSR count). The average molecular weight is 414 g/mol. The second-order valence-electron chi connectivity index (χ2n) is 7.24. The van der Waals surface area contributed by atoms with Gasteiger partial charge in [0.1, 0.15) is 11.5 Å². The van der Waals surface area contributed by atoms with Gasteiger partial charge in [-0.25, -0.2) is 0 Å². The van der Waals surface area contributed by atoms with E-state index in [0.717, 1.165) is 16.9 Å². The van der Waals surface area contributed by atoms with Gasteiger partial charge in [-0.1, -0.05) is 42.5 Å². The van der Waals surface area contributed by atoms with E-state index >= 15 is 0 Å². The number of likely N-dealkylation sites (tertiary alicyclic amines) is 1. The van der Waals surface area contributed by atoms with Crippen molar-refractivity contribution < 1.29 is 19.4 Å². The molecular weight excluding hydrogens is 392 g/mol. The lowest BCUT2D eigenvalue weighted by atomic mass is 9.95. The second kappa shape index (κ2) is 8.83. The summed E-state index contributed by atoms with van der Waals surface area (Å²) >= 11 is 0. The van der Waals surface area contributed by atoms with Crippen molar-refractivity contribution in [2.75, 3.05) is 13.7 Å². The van der Waals surface area contributed by atoms with Gasteiger partial charge in [0.15, 0.2) is 0 Å². The third-order valence-corrected chi connectivity index (χ3v) is 5.41. The first-order chi connectivity index (χ1) is 15.1. The van der Waals surface area contributed by atoms with Crippen LogP contribution in [0.15, 0.2) is 84.7 Å². The minimum Gasteiger partial charge on any atom is -0.507 e. The molecule has 156 valence electrons. The zero-order chi connectivity index (χ0) is 21.8. The first-order valence-electron chi connectivity index (χ1n) is 9.97. The van der Waals surface area contributed by atoms with Crippen LogP contribution in [0.25, 0.3) is 5.76 Å². The van der Waals surface area contributed by atoms with E-state index in [9.17, 15) is 14.7 Å². The number of Topliss-reactive ketones (excluding diaryl/α,β-unsaturated/α-hetero) is 1. The second-order valence-corrected chi connectivity index (χ2v) is 7.24. The number of carbonyl (C=O) groups is 2. The Morgan fingerprint density at radius 1 is 1.00 bits per heavy atom. The van der Waals surface area contributed by atoms with Crippen LogP contribution in [-0.2, 0) is 16.0 Å². The van der Waals surface area contributed by atoms with Gasteiger partial charge in [0.25, 0.3) is 11.7 Å². The lowest BCUT2D eigenvalue weighted by molar-refractivity contribution is -0.139. The van der Waals surface area contributed by atoms with Crippen LogP contribution in [0.3, 0.4) is 0 Å². The summed E-state index contributed by atoms with van der Waals surface area (Å²) in [6.07, 6.45) is 3.63. The van der Waals surface area contributed by atoms with Crippen LogP contribution < -0.4 is 4.74 Å². The topological polar surface area (TPSA) is 79.7 Å². The molecule has 0 bridgehead atoms. The molecule has 1 fully saturated rings. The summed E-state index contributed by atoms with van der Waals surface area (Å²) in [7, 11) is 1.61. The fraction of sp³-hybridized carbons (Fsp3) is 0.160. The number of nitrogens with zero attached hydrogens (tertiary/aromatic N) is 2. The summed E-state index contributed by atoms with van der Waals surface area (Å²) in [4.78, 5) is 31.4. The SMILES string of the molecule is COc1ccc(CCN2C(=O)C(=O)/C(=C(\O)c3ccncc3)C2c2ccccc2)cc1. The summed E-state index contributed by atoms with van der Waals surface area (Å²) in [5.74, 6) is -0.733. The third-order valence-electron chi connectivity index (χ3n) is 5.41. The van der Waals surface area contributed by atoms with E-state index in [1.165, 1.54) is 17.3 Å². The fourth-order valence-electron chi connectivity index (χ4n) is 3.80. The van der Waals surface area contributed by atoms with Crippen LogP contribution in [-0.4, -0.2) is 40.3 Å². The maximum absolute atomic E-state index is 13.0. The third kappa shape index (κ3) is 4.05. The molecule has 1 aliphatic heterocycles. The number of rotatable bonds is 6. The van der Waals surface area contributed by atoms with Gasteiger partial charge < -0.3 is 14.7 Å². The Labute approximate surface area is 180 Å². The number of ether oxygens (including phenoxy) is 1. The summed E-state index contributed by atoms with van der Waals surface area (Å²) in [5, 5.41) is 10.9. The van der Waals surface area contributed by atoms with Crippen LogP contribution in [0.5, 0.6) is 5.75 Å². The zero-order valence-electron chi connectivity index (χ0n) is 17.1. The van der Waals surface area contributed by atoms with E-state index in [1.807, 2.05) is 54.6 Å². The van der Waals surface area contributed by atoms with Crippen molar-refractivity contribution in [3.63, 3.8) is 0 Å². The Kier molecular flexibility index (Phi) is 5.80. The van der Waals surface area contributed by atoms with E-state index in [2.05, 4.69) is 4.98 Å². The number of hydrogen-bond donors (Lipinski definition) is 1. The minimum atomic E-state index is -0.683. The molecule has 1 amide bonds. The van der Waals surface area contributed by atoms with Crippen molar-refractivity contribution in [3.05, 3.63) is 101 Å². The van der Waals surface area contributed by atoms with Crippen molar-refractivity contribution in [2.45, 2.75) is 12.5 Å². The largest absolute Gasteiger partial charge is 0.507 e. The number of benzene rings is 2. The van der Waals surface area contributed by atoms with Crippen LogP contribution in [0.4, 0.5) is 0 Å². The standard InChI is InChI=1S/C25H22N2O4/c1-31-20-9-7-17(8-10-20)13-16-27-22(18-5-3-2-4-6-18)21(24(29)25(27)30)23(28)19-11-14-26-15-12-19/h2-12,14-15,22,28H,13,16H2,1H3/b23-21-. The molecule has 0 aliphatic carbocycles. The summed E-state index contributed by atoms with van der Waals surface area (Å²) in [5.41, 5.74) is 2.33. The molecule has 0 radical (unpaired) electrons. The Balaban J connectivity index is 1.71. The van der Waals surface area contributed by atoms with Gasteiger partial charge in [-0.3, -0.25) is 14.6 Å². The highest BCUT2D eigenvalue weighted by molar-refractivity contribution is 6.46. The molecule has 6 nitrogen and oxygen atoms in total. The Morgan fingerprint density at radius 2 is 1.68 bits per heavy atom. The van der Waals surface area contributed by atoms with Gasteiger partial charge in [0.05, 0.1) is 18.7 Å². The molecule has 6 heteroatoms. The first-order valence-corrected chi connectivity index (χ1v) is 9.97. The molecule has 1 aliphatic rings. The molecule has 31 heavy (non-hydrogen) atoms. The molecule has 1 atom stereocenters. The normalized spacial score (nSPS) is 17.7. The lowest BCUT2D eigenvalue weighted by Crippen LogP contribution is -2.31. The van der Waals surface area contributed by atoms with Crippen molar-refractivity contribution in [2.24, 2.45) is 0 Å². The predicted molar refractivity (Wildman–Crippen MR) is 116 cm³/mol. The summed E-state index contributed by atoms with van der Waals surface area (Å²) < 4.78 is 5.19. The Morgan fingerprint density at radius 3 is 2.32 bits per heavy atom. The van der Waals surface area contributed by atoms with Gasteiger partial charge in [-0.15, -0.1) is 0 Å². The summed E-state index contributed by atoms with van der Waals surface area (Å²) in [6.45, 7) is 0.337. The highest BCUT2D eigenvalue weighted by atomic mass is 16.5. The molecule has 2 aromatic carbocycles. The lowest BCUT2D eigenvalue weighted by Gasteiger charge is -2.25. The Hall–Kier alpha value is -3.93. The highest BCUT2D eigenvalue weighted by Crippen LogP contribution is 2.39. The molecule has 1 unspecified atom stereocenters. The fourth-order valence-corrected chi connectivity index (χ4v) is 3.80. The molecule has 0 saturated carbocycles. The van der Waals surface area contributed by atoms with Crippen molar-refractivity contribution in [3.8, 4) is 5.75 Å². The van der Waals surface area contributed by atoms with E-state index in [-0.39, 0.29) is 11.3 Å². The van der Waals surface area contributed by atoms with E-state index < -0.39 is 17.7 Å². The minimum absolute atomic E-state index is 0.0946. The number of amides is 1. The number of aliphatic hydroxyl groups is 1. The Bertz CT molecular complexity index is 1110. The van der Waals surface area contributed by atoms with Crippen LogP contribution in [0.2, 0.25) is 0 Å². The molecule has 2 heterocycles. The number of pyridine rings is 1. The molecule has 1 saturated heterocycles. The number of aliphatic hydroxyl groups excluding tert-OH is 1. The average Bonchev–Trinajstić information content (AvgIpc) is 3.08. The van der Waals surface area contributed by atoms with Gasteiger partial charge in [-0.2, -0.15) is 0 Å². The first kappa shape index (κ1) is 20.3. The molecule has 1 aromatic heterocycles. The summed E-state index contributed by atoms with van der Waals surface area (Å²) in [6, 6.07) is 19.5.